The first-order chi connectivity index (χ1) is 11.2. The Morgan fingerprint density at radius 3 is 2.74 bits per heavy atom. The van der Waals surface area contributed by atoms with Crippen molar-refractivity contribution in [1.82, 2.24) is 9.80 Å². The first-order valence-corrected chi connectivity index (χ1v) is 8.70. The summed E-state index contributed by atoms with van der Waals surface area (Å²) in [7, 11) is 0. The zero-order chi connectivity index (χ0) is 16.1. The molecule has 3 rings (SSSR count). The predicted molar refractivity (Wildman–Crippen MR) is 90.1 cm³/mol. The Morgan fingerprint density at radius 1 is 1.22 bits per heavy atom. The van der Waals surface area contributed by atoms with E-state index in [1.54, 1.807) is 0 Å². The molecule has 2 saturated heterocycles. The standard InChI is InChI=1S/C17H25ClN2O3/c18-16-11-14(12-20-4-3-15(21)13-20)1-2-17(16)23-10-7-19-5-8-22-9-6-19/h1-2,11,15,21H,3-10,12-13H2/t15-/m1/s1. The van der Waals surface area contributed by atoms with Gasteiger partial charge < -0.3 is 14.6 Å². The van der Waals surface area contributed by atoms with Gasteiger partial charge in [-0.3, -0.25) is 9.80 Å². The summed E-state index contributed by atoms with van der Waals surface area (Å²) in [5, 5.41) is 10.2. The van der Waals surface area contributed by atoms with Crippen LogP contribution >= 0.6 is 11.6 Å². The van der Waals surface area contributed by atoms with Crippen molar-refractivity contribution < 1.29 is 14.6 Å². The number of aliphatic hydroxyl groups is 1. The van der Waals surface area contributed by atoms with E-state index in [2.05, 4.69) is 15.9 Å². The second-order valence-corrected chi connectivity index (χ2v) is 6.65. The topological polar surface area (TPSA) is 45.2 Å². The summed E-state index contributed by atoms with van der Waals surface area (Å²) in [5.41, 5.74) is 1.16. The Bertz CT molecular complexity index is 509. The van der Waals surface area contributed by atoms with Crippen molar-refractivity contribution in [2.45, 2.75) is 19.1 Å². The number of aliphatic hydroxyl groups excluding tert-OH is 1. The molecule has 6 heteroatoms. The quantitative estimate of drug-likeness (QED) is 0.852. The van der Waals surface area contributed by atoms with Crippen molar-refractivity contribution in [1.29, 1.82) is 0 Å². The maximum Gasteiger partial charge on any atom is 0.137 e. The lowest BCUT2D eigenvalue weighted by molar-refractivity contribution is 0.0322. The molecule has 23 heavy (non-hydrogen) atoms. The first-order valence-electron chi connectivity index (χ1n) is 8.32. The SMILES string of the molecule is O[C@@H]1CCN(Cc2ccc(OCCN3CCOCC3)c(Cl)c2)C1. The van der Waals surface area contributed by atoms with Gasteiger partial charge in [-0.25, -0.2) is 0 Å². The van der Waals surface area contributed by atoms with Crippen LogP contribution in [0.4, 0.5) is 0 Å². The molecule has 2 heterocycles. The van der Waals surface area contributed by atoms with Gasteiger partial charge >= 0.3 is 0 Å². The lowest BCUT2D eigenvalue weighted by atomic mass is 10.2. The molecule has 0 radical (unpaired) electrons. The molecule has 1 aromatic rings. The number of nitrogens with zero attached hydrogens (tertiary/aromatic N) is 2. The lowest BCUT2D eigenvalue weighted by Crippen LogP contribution is -2.38. The monoisotopic (exact) mass is 340 g/mol. The molecule has 0 saturated carbocycles. The zero-order valence-electron chi connectivity index (χ0n) is 13.4. The lowest BCUT2D eigenvalue weighted by Gasteiger charge is -2.26. The molecule has 0 bridgehead atoms. The number of hydrogen-bond donors (Lipinski definition) is 1. The van der Waals surface area contributed by atoms with Crippen LogP contribution in [0.3, 0.4) is 0 Å². The summed E-state index contributed by atoms with van der Waals surface area (Å²) >= 11 is 6.34. The highest BCUT2D eigenvalue weighted by Gasteiger charge is 2.20. The Hall–Kier alpha value is -0.850. The van der Waals surface area contributed by atoms with E-state index >= 15 is 0 Å². The third-order valence-electron chi connectivity index (χ3n) is 4.42. The van der Waals surface area contributed by atoms with Crippen LogP contribution in [0.25, 0.3) is 0 Å². The molecule has 0 aromatic heterocycles. The first kappa shape index (κ1) is 17.0. The molecule has 1 aromatic carbocycles. The van der Waals surface area contributed by atoms with E-state index in [0.29, 0.717) is 11.6 Å². The Kier molecular flexibility index (Phi) is 6.14. The smallest absolute Gasteiger partial charge is 0.137 e. The fourth-order valence-corrected chi connectivity index (χ4v) is 3.34. The fraction of sp³-hybridized carbons (Fsp3) is 0.647. The Labute approximate surface area is 142 Å². The predicted octanol–water partition coefficient (Wildman–Crippen LogP) is 1.62. The molecule has 1 atom stereocenters. The Balaban J connectivity index is 1.46. The second kappa shape index (κ2) is 8.31. The van der Waals surface area contributed by atoms with Crippen LogP contribution in [0.5, 0.6) is 5.75 Å². The molecule has 0 spiro atoms. The van der Waals surface area contributed by atoms with E-state index in [9.17, 15) is 5.11 Å². The van der Waals surface area contributed by atoms with Crippen molar-refractivity contribution in [3.05, 3.63) is 28.8 Å². The van der Waals surface area contributed by atoms with Gasteiger partial charge in [-0.05, 0) is 24.1 Å². The van der Waals surface area contributed by atoms with E-state index < -0.39 is 0 Å². The summed E-state index contributed by atoms with van der Waals surface area (Å²) in [4.78, 5) is 4.58. The number of likely N-dealkylation sites (tertiary alicyclic amines) is 1. The largest absolute Gasteiger partial charge is 0.491 e. The van der Waals surface area contributed by atoms with Crippen LogP contribution in [0.2, 0.25) is 5.02 Å². The summed E-state index contributed by atoms with van der Waals surface area (Å²) < 4.78 is 11.1. The van der Waals surface area contributed by atoms with Crippen molar-refractivity contribution in [2.75, 3.05) is 52.5 Å². The van der Waals surface area contributed by atoms with Crippen LogP contribution in [0, 0.1) is 0 Å². The molecule has 2 fully saturated rings. The van der Waals surface area contributed by atoms with Gasteiger partial charge in [-0.15, -0.1) is 0 Å². The highest BCUT2D eigenvalue weighted by Crippen LogP contribution is 2.26. The van der Waals surface area contributed by atoms with Crippen LogP contribution in [-0.4, -0.2) is 73.6 Å². The van der Waals surface area contributed by atoms with Gasteiger partial charge in [0, 0.05) is 39.3 Å². The molecule has 1 N–H and O–H groups in total. The van der Waals surface area contributed by atoms with Crippen LogP contribution in [0.1, 0.15) is 12.0 Å². The molecule has 0 amide bonds. The molecule has 2 aliphatic heterocycles. The number of β-amino-alcohol motifs (C(OH)–C–C–N with tert-alkyl or cyclic N) is 1. The van der Waals surface area contributed by atoms with Crippen molar-refractivity contribution in [3.8, 4) is 5.75 Å². The van der Waals surface area contributed by atoms with Crippen molar-refractivity contribution in [2.24, 2.45) is 0 Å². The van der Waals surface area contributed by atoms with Crippen LogP contribution in [0.15, 0.2) is 18.2 Å². The van der Waals surface area contributed by atoms with Crippen LogP contribution in [-0.2, 0) is 11.3 Å². The summed E-state index contributed by atoms with van der Waals surface area (Å²) in [6.07, 6.45) is 0.671. The maximum atomic E-state index is 9.58. The fourth-order valence-electron chi connectivity index (χ4n) is 3.08. The molecule has 128 valence electrons. The van der Waals surface area contributed by atoms with E-state index in [0.717, 1.165) is 70.2 Å². The van der Waals surface area contributed by atoms with Crippen molar-refractivity contribution >= 4 is 11.6 Å². The van der Waals surface area contributed by atoms with Gasteiger partial charge in [-0.2, -0.15) is 0 Å². The van der Waals surface area contributed by atoms with Gasteiger partial charge in [0.15, 0.2) is 0 Å². The van der Waals surface area contributed by atoms with Crippen molar-refractivity contribution in [3.63, 3.8) is 0 Å². The average molecular weight is 341 g/mol. The van der Waals surface area contributed by atoms with E-state index in [1.807, 2.05) is 12.1 Å². The zero-order valence-corrected chi connectivity index (χ0v) is 14.2. The van der Waals surface area contributed by atoms with Gasteiger partial charge in [0.05, 0.1) is 24.3 Å². The van der Waals surface area contributed by atoms with Gasteiger partial charge in [0.2, 0.25) is 0 Å². The molecule has 0 aliphatic carbocycles. The molecule has 2 aliphatic rings. The maximum absolute atomic E-state index is 9.58. The minimum Gasteiger partial charge on any atom is -0.491 e. The normalized spacial score (nSPS) is 23.3. The number of benzene rings is 1. The van der Waals surface area contributed by atoms with E-state index in [4.69, 9.17) is 21.1 Å². The molecule has 5 nitrogen and oxygen atoms in total. The minimum absolute atomic E-state index is 0.187. The summed E-state index contributed by atoms with van der Waals surface area (Å²) in [6.45, 7) is 7.60. The number of halogens is 1. The van der Waals surface area contributed by atoms with Gasteiger partial charge in [0.1, 0.15) is 12.4 Å². The molecular formula is C17H25ClN2O3. The number of rotatable bonds is 6. The number of morpholine rings is 1. The average Bonchev–Trinajstić information content (AvgIpc) is 2.95. The summed E-state index contributed by atoms with van der Waals surface area (Å²) in [6, 6.07) is 5.97. The highest BCUT2D eigenvalue weighted by atomic mass is 35.5. The highest BCUT2D eigenvalue weighted by molar-refractivity contribution is 6.32. The van der Waals surface area contributed by atoms with E-state index in [1.165, 1.54) is 0 Å². The van der Waals surface area contributed by atoms with Crippen LogP contribution < -0.4 is 4.74 Å². The van der Waals surface area contributed by atoms with Gasteiger partial charge in [0.25, 0.3) is 0 Å². The molecule has 0 unspecified atom stereocenters. The van der Waals surface area contributed by atoms with Gasteiger partial charge in [-0.1, -0.05) is 17.7 Å². The van der Waals surface area contributed by atoms with E-state index in [-0.39, 0.29) is 6.10 Å². The summed E-state index contributed by atoms with van der Waals surface area (Å²) in [5.74, 6) is 0.741. The minimum atomic E-state index is -0.187. The third kappa shape index (κ3) is 5.06. The Morgan fingerprint density at radius 2 is 2.04 bits per heavy atom. The second-order valence-electron chi connectivity index (χ2n) is 6.24. The number of ether oxygens (including phenoxy) is 2. The third-order valence-corrected chi connectivity index (χ3v) is 4.71. The molecular weight excluding hydrogens is 316 g/mol. The number of hydrogen-bond acceptors (Lipinski definition) is 5.